The summed E-state index contributed by atoms with van der Waals surface area (Å²) in [5, 5.41) is 5.18. The Labute approximate surface area is 191 Å². The van der Waals surface area contributed by atoms with Crippen LogP contribution in [0.25, 0.3) is 10.2 Å². The third-order valence-electron chi connectivity index (χ3n) is 5.88. The summed E-state index contributed by atoms with van der Waals surface area (Å²) >= 11 is 3.38. The number of amides is 1. The average Bonchev–Trinajstić information content (AvgIpc) is 3.54. The van der Waals surface area contributed by atoms with Gasteiger partial charge in [0.05, 0.1) is 18.0 Å². The molecule has 1 saturated carbocycles. The van der Waals surface area contributed by atoms with E-state index in [9.17, 15) is 4.79 Å². The van der Waals surface area contributed by atoms with Gasteiger partial charge in [0.1, 0.15) is 21.4 Å². The first-order valence-corrected chi connectivity index (χ1v) is 12.9. The van der Waals surface area contributed by atoms with E-state index in [1.807, 2.05) is 42.5 Å². The van der Waals surface area contributed by atoms with Crippen molar-refractivity contribution in [1.29, 1.82) is 0 Å². The molecule has 0 unspecified atom stereocenters. The average molecular weight is 454 g/mol. The lowest BCUT2D eigenvalue weighted by atomic mass is 9.89. The van der Waals surface area contributed by atoms with Crippen molar-refractivity contribution in [3.05, 3.63) is 40.5 Å². The number of aryl methyl sites for hydroxylation is 1. The van der Waals surface area contributed by atoms with Crippen molar-refractivity contribution in [3.63, 3.8) is 0 Å². The number of ether oxygens (including phenoxy) is 1. The summed E-state index contributed by atoms with van der Waals surface area (Å²) in [5.41, 5.74) is 2.13. The first-order chi connectivity index (χ1) is 15.1. The number of fused-ring (bicyclic) bond motifs is 3. The third kappa shape index (κ3) is 4.44. The number of thioether (sulfide) groups is 1. The molecule has 31 heavy (non-hydrogen) atoms. The maximum atomic E-state index is 12.8. The maximum Gasteiger partial charge on any atom is 0.234 e. The zero-order chi connectivity index (χ0) is 21.4. The number of carbonyl (C=O) groups is 1. The second-order valence-corrected chi connectivity index (χ2v) is 10.5. The zero-order valence-electron chi connectivity index (χ0n) is 17.9. The number of thiophene rings is 1. The lowest BCUT2D eigenvalue weighted by molar-refractivity contribution is -0.113. The molecule has 2 aliphatic rings. The van der Waals surface area contributed by atoms with Crippen molar-refractivity contribution in [1.82, 2.24) is 9.97 Å². The molecular formula is C24H27N3O2S2. The fraction of sp³-hybridized carbons (Fsp3) is 0.458. The highest BCUT2D eigenvalue weighted by Crippen LogP contribution is 2.44. The van der Waals surface area contributed by atoms with Crippen LogP contribution in [-0.4, -0.2) is 28.2 Å². The van der Waals surface area contributed by atoms with Gasteiger partial charge in [-0.15, -0.1) is 11.3 Å². The lowest BCUT2D eigenvalue weighted by Gasteiger charge is -2.18. The Bertz CT molecular complexity index is 1120. The number of rotatable bonds is 7. The molecule has 0 spiro atoms. The van der Waals surface area contributed by atoms with Crippen LogP contribution in [0.4, 0.5) is 5.69 Å². The molecule has 1 fully saturated rings. The molecule has 162 valence electrons. The molecule has 5 rings (SSSR count). The van der Waals surface area contributed by atoms with Crippen LogP contribution in [0.5, 0.6) is 5.75 Å². The summed E-state index contributed by atoms with van der Waals surface area (Å²) in [5.74, 6) is 3.15. The zero-order valence-corrected chi connectivity index (χ0v) is 19.6. The SMILES string of the molecule is CCOc1ccccc1NC(=O)CSc1nc(C2CC2)nc2sc3c(c12)CC[C@H](C)C3. The number of aromatic nitrogens is 2. The Morgan fingerprint density at radius 2 is 2.10 bits per heavy atom. The van der Waals surface area contributed by atoms with Crippen LogP contribution in [0.1, 0.15) is 55.3 Å². The van der Waals surface area contributed by atoms with Crippen molar-refractivity contribution in [3.8, 4) is 5.75 Å². The van der Waals surface area contributed by atoms with E-state index in [-0.39, 0.29) is 5.91 Å². The third-order valence-corrected chi connectivity index (χ3v) is 8.01. The molecule has 0 aliphatic heterocycles. The number of benzene rings is 1. The Morgan fingerprint density at radius 3 is 2.90 bits per heavy atom. The minimum Gasteiger partial charge on any atom is -0.492 e. The quantitative estimate of drug-likeness (QED) is 0.361. The van der Waals surface area contributed by atoms with Crippen LogP contribution in [0.2, 0.25) is 0 Å². The van der Waals surface area contributed by atoms with Gasteiger partial charge in [0.25, 0.3) is 0 Å². The van der Waals surface area contributed by atoms with E-state index in [1.54, 1.807) is 0 Å². The van der Waals surface area contributed by atoms with E-state index >= 15 is 0 Å². The number of anilines is 1. The number of hydrogen-bond acceptors (Lipinski definition) is 6. The Kier molecular flexibility index (Phi) is 5.89. The van der Waals surface area contributed by atoms with Gasteiger partial charge >= 0.3 is 0 Å². The summed E-state index contributed by atoms with van der Waals surface area (Å²) in [7, 11) is 0. The predicted molar refractivity (Wildman–Crippen MR) is 128 cm³/mol. The molecular weight excluding hydrogens is 426 g/mol. The van der Waals surface area contributed by atoms with Crippen LogP contribution < -0.4 is 10.1 Å². The van der Waals surface area contributed by atoms with E-state index in [2.05, 4.69) is 12.2 Å². The van der Waals surface area contributed by atoms with Gasteiger partial charge in [-0.3, -0.25) is 4.79 Å². The maximum absolute atomic E-state index is 12.8. The van der Waals surface area contributed by atoms with Crippen LogP contribution in [0.3, 0.4) is 0 Å². The highest BCUT2D eigenvalue weighted by atomic mass is 32.2. The number of nitrogens with zero attached hydrogens (tertiary/aromatic N) is 2. The molecule has 2 heterocycles. The molecule has 0 radical (unpaired) electrons. The van der Waals surface area contributed by atoms with Crippen molar-refractivity contribution in [2.24, 2.45) is 5.92 Å². The Morgan fingerprint density at radius 1 is 1.26 bits per heavy atom. The predicted octanol–water partition coefficient (Wildman–Crippen LogP) is 5.82. The molecule has 1 N–H and O–H groups in total. The Balaban J connectivity index is 1.39. The first kappa shape index (κ1) is 20.8. The van der Waals surface area contributed by atoms with Crippen molar-refractivity contribution in [2.45, 2.75) is 56.9 Å². The number of hydrogen-bond donors (Lipinski definition) is 1. The molecule has 5 nitrogen and oxygen atoms in total. The van der Waals surface area contributed by atoms with Crippen LogP contribution in [0.15, 0.2) is 29.3 Å². The highest BCUT2D eigenvalue weighted by Gasteiger charge is 2.30. The summed E-state index contributed by atoms with van der Waals surface area (Å²) < 4.78 is 5.63. The molecule has 3 aromatic rings. The molecule has 2 aromatic heterocycles. The monoisotopic (exact) mass is 453 g/mol. The van der Waals surface area contributed by atoms with Crippen molar-refractivity contribution >= 4 is 44.9 Å². The fourth-order valence-electron chi connectivity index (χ4n) is 4.12. The highest BCUT2D eigenvalue weighted by molar-refractivity contribution is 8.00. The topological polar surface area (TPSA) is 64.1 Å². The van der Waals surface area contributed by atoms with Crippen molar-refractivity contribution in [2.75, 3.05) is 17.7 Å². The first-order valence-electron chi connectivity index (χ1n) is 11.1. The van der Waals surface area contributed by atoms with E-state index in [0.717, 1.165) is 34.4 Å². The smallest absolute Gasteiger partial charge is 0.234 e. The molecule has 0 bridgehead atoms. The molecule has 1 atom stereocenters. The van der Waals surface area contributed by atoms with Crippen LogP contribution in [0, 0.1) is 5.92 Å². The summed E-state index contributed by atoms with van der Waals surface area (Å²) in [6, 6.07) is 7.56. The molecule has 2 aliphatic carbocycles. The van der Waals surface area contributed by atoms with Gasteiger partial charge in [0.15, 0.2) is 0 Å². The van der Waals surface area contributed by atoms with E-state index in [4.69, 9.17) is 14.7 Å². The number of carbonyl (C=O) groups excluding carboxylic acids is 1. The molecule has 1 aromatic carbocycles. The van der Waals surface area contributed by atoms with Gasteiger partial charge in [0.2, 0.25) is 5.91 Å². The minimum absolute atomic E-state index is 0.0467. The van der Waals surface area contributed by atoms with Gasteiger partial charge in [-0.05, 0) is 62.6 Å². The number of nitrogens with one attached hydrogen (secondary N) is 1. The van der Waals surface area contributed by atoms with Gasteiger partial charge in [-0.2, -0.15) is 0 Å². The second kappa shape index (κ2) is 8.79. The Hall–Kier alpha value is -2.12. The van der Waals surface area contributed by atoms with Crippen molar-refractivity contribution < 1.29 is 9.53 Å². The largest absolute Gasteiger partial charge is 0.492 e. The summed E-state index contributed by atoms with van der Waals surface area (Å²) in [6.45, 7) is 4.83. The van der Waals surface area contributed by atoms with E-state index < -0.39 is 0 Å². The van der Waals surface area contributed by atoms with Crippen LogP contribution >= 0.6 is 23.1 Å². The van der Waals surface area contributed by atoms with Gasteiger partial charge in [-0.25, -0.2) is 9.97 Å². The summed E-state index contributed by atoms with van der Waals surface area (Å²) in [6.07, 6.45) is 5.78. The lowest BCUT2D eigenvalue weighted by Crippen LogP contribution is -2.15. The van der Waals surface area contributed by atoms with E-state index in [0.29, 0.717) is 29.7 Å². The fourth-order valence-corrected chi connectivity index (χ4v) is 6.44. The van der Waals surface area contributed by atoms with Gasteiger partial charge in [-0.1, -0.05) is 30.8 Å². The normalized spacial score (nSPS) is 18.1. The summed E-state index contributed by atoms with van der Waals surface area (Å²) in [4.78, 5) is 25.2. The standard InChI is InChI=1S/C24H27N3O2S2/c1-3-29-18-7-5-4-6-17(18)25-20(28)13-30-23-21-16-11-8-14(2)12-19(16)31-24(21)27-22(26-23)15-9-10-15/h4-7,14-15H,3,8-13H2,1-2H3,(H,25,28)/t14-/m0/s1. The number of para-hydroxylation sites is 2. The van der Waals surface area contributed by atoms with Gasteiger partial charge in [0, 0.05) is 16.2 Å². The van der Waals surface area contributed by atoms with E-state index in [1.165, 1.54) is 46.9 Å². The molecule has 7 heteroatoms. The van der Waals surface area contributed by atoms with Gasteiger partial charge < -0.3 is 10.1 Å². The molecule has 1 amide bonds. The molecule has 0 saturated heterocycles. The second-order valence-electron chi connectivity index (χ2n) is 8.46. The minimum atomic E-state index is -0.0467. The van der Waals surface area contributed by atoms with Crippen LogP contribution in [-0.2, 0) is 17.6 Å².